The number of hydrogen-bond acceptors (Lipinski definition) is 3. The van der Waals surface area contributed by atoms with Crippen LogP contribution in [0.1, 0.15) is 26.7 Å². The molecule has 0 saturated carbocycles. The molecule has 0 amide bonds. The van der Waals surface area contributed by atoms with E-state index < -0.39 is 0 Å². The standard InChI is InChI=1S/C10H14S3/c1-3-7-8(4-2)13-10-6-11-5-9(10)12-7/h5-8H,3-4H2,1-2H3. The molecule has 0 fully saturated rings. The van der Waals surface area contributed by atoms with Crippen LogP contribution in [-0.2, 0) is 0 Å². The highest BCUT2D eigenvalue weighted by atomic mass is 32.2. The van der Waals surface area contributed by atoms with Crippen molar-refractivity contribution in [3.05, 3.63) is 10.8 Å². The van der Waals surface area contributed by atoms with Gasteiger partial charge < -0.3 is 0 Å². The molecule has 3 heteroatoms. The van der Waals surface area contributed by atoms with Gasteiger partial charge in [0.2, 0.25) is 0 Å². The smallest absolute Gasteiger partial charge is 0.0318 e. The summed E-state index contributed by atoms with van der Waals surface area (Å²) in [4.78, 5) is 3.04. The molecule has 1 aromatic heterocycles. The Morgan fingerprint density at radius 1 is 1.00 bits per heavy atom. The van der Waals surface area contributed by atoms with Crippen molar-refractivity contribution in [1.29, 1.82) is 0 Å². The van der Waals surface area contributed by atoms with E-state index in [1.54, 1.807) is 0 Å². The molecule has 0 radical (unpaired) electrons. The lowest BCUT2D eigenvalue weighted by Gasteiger charge is -2.28. The largest absolute Gasteiger partial charge is 0.150 e. The van der Waals surface area contributed by atoms with Gasteiger partial charge in [-0.15, -0.1) is 23.5 Å². The third kappa shape index (κ3) is 1.92. The normalized spacial score (nSPS) is 27.2. The van der Waals surface area contributed by atoms with E-state index in [4.69, 9.17) is 0 Å². The Labute approximate surface area is 92.5 Å². The van der Waals surface area contributed by atoms with Crippen LogP contribution in [0.3, 0.4) is 0 Å². The molecule has 72 valence electrons. The summed E-state index contributed by atoms with van der Waals surface area (Å²) in [6.07, 6.45) is 2.59. The molecule has 1 aromatic rings. The van der Waals surface area contributed by atoms with Crippen molar-refractivity contribution in [2.75, 3.05) is 0 Å². The van der Waals surface area contributed by atoms with Crippen LogP contribution in [0.25, 0.3) is 0 Å². The van der Waals surface area contributed by atoms with Gasteiger partial charge in [-0.3, -0.25) is 0 Å². The molecule has 0 spiro atoms. The average molecular weight is 230 g/mol. The molecule has 1 aliphatic heterocycles. The Kier molecular flexibility index (Phi) is 3.27. The first-order chi connectivity index (χ1) is 6.35. The molecule has 2 atom stereocenters. The average Bonchev–Trinajstić information content (AvgIpc) is 2.62. The van der Waals surface area contributed by atoms with Crippen LogP contribution in [0, 0.1) is 0 Å². The summed E-state index contributed by atoms with van der Waals surface area (Å²) >= 11 is 6.01. The van der Waals surface area contributed by atoms with E-state index >= 15 is 0 Å². The van der Waals surface area contributed by atoms with Crippen molar-refractivity contribution in [2.45, 2.75) is 47.0 Å². The van der Waals surface area contributed by atoms with Crippen LogP contribution < -0.4 is 0 Å². The molecule has 0 N–H and O–H groups in total. The van der Waals surface area contributed by atoms with Gasteiger partial charge in [0.25, 0.3) is 0 Å². The van der Waals surface area contributed by atoms with E-state index in [0.717, 1.165) is 10.5 Å². The molecule has 1 aliphatic rings. The number of thioether (sulfide) groups is 2. The van der Waals surface area contributed by atoms with Gasteiger partial charge in [0.1, 0.15) is 0 Å². The maximum Gasteiger partial charge on any atom is 0.0318 e. The van der Waals surface area contributed by atoms with Crippen molar-refractivity contribution in [2.24, 2.45) is 0 Å². The second kappa shape index (κ2) is 4.28. The summed E-state index contributed by atoms with van der Waals surface area (Å²) in [7, 11) is 0. The van der Waals surface area contributed by atoms with Gasteiger partial charge >= 0.3 is 0 Å². The Bertz CT molecular complexity index is 253. The third-order valence-electron chi connectivity index (χ3n) is 2.37. The summed E-state index contributed by atoms with van der Waals surface area (Å²) in [5.41, 5.74) is 0. The van der Waals surface area contributed by atoms with E-state index in [-0.39, 0.29) is 0 Å². The monoisotopic (exact) mass is 230 g/mol. The lowest BCUT2D eigenvalue weighted by molar-refractivity contribution is 0.730. The minimum absolute atomic E-state index is 0.831. The molecule has 0 bridgehead atoms. The molecule has 2 rings (SSSR count). The summed E-state index contributed by atoms with van der Waals surface area (Å²) in [5.74, 6) is 0. The van der Waals surface area contributed by atoms with E-state index in [0.29, 0.717) is 0 Å². The fourth-order valence-electron chi connectivity index (χ4n) is 1.62. The first kappa shape index (κ1) is 9.94. The lowest BCUT2D eigenvalue weighted by atomic mass is 10.2. The summed E-state index contributed by atoms with van der Waals surface area (Å²) in [6, 6.07) is 0. The third-order valence-corrected chi connectivity index (χ3v) is 6.83. The molecule has 0 saturated heterocycles. The summed E-state index contributed by atoms with van der Waals surface area (Å²) in [6.45, 7) is 4.61. The molecular weight excluding hydrogens is 216 g/mol. The van der Waals surface area contributed by atoms with Gasteiger partial charge in [-0.25, -0.2) is 0 Å². The van der Waals surface area contributed by atoms with Crippen LogP contribution in [0.4, 0.5) is 0 Å². The van der Waals surface area contributed by atoms with E-state index in [2.05, 4.69) is 48.1 Å². The van der Waals surface area contributed by atoms with Crippen molar-refractivity contribution >= 4 is 34.9 Å². The maximum atomic E-state index is 2.30. The van der Waals surface area contributed by atoms with Crippen molar-refractivity contribution in [1.82, 2.24) is 0 Å². The topological polar surface area (TPSA) is 0 Å². The Balaban J connectivity index is 2.20. The lowest BCUT2D eigenvalue weighted by Crippen LogP contribution is -2.20. The van der Waals surface area contributed by atoms with Crippen molar-refractivity contribution in [3.8, 4) is 0 Å². The van der Waals surface area contributed by atoms with Gasteiger partial charge in [-0.1, -0.05) is 13.8 Å². The van der Waals surface area contributed by atoms with E-state index in [1.807, 2.05) is 11.3 Å². The zero-order valence-electron chi connectivity index (χ0n) is 7.95. The van der Waals surface area contributed by atoms with Crippen LogP contribution in [0.15, 0.2) is 20.6 Å². The van der Waals surface area contributed by atoms with E-state index in [9.17, 15) is 0 Å². The highest BCUT2D eigenvalue weighted by Crippen LogP contribution is 2.48. The second-order valence-electron chi connectivity index (χ2n) is 3.23. The first-order valence-electron chi connectivity index (χ1n) is 4.74. The summed E-state index contributed by atoms with van der Waals surface area (Å²) in [5, 5.41) is 6.25. The maximum absolute atomic E-state index is 2.30. The zero-order chi connectivity index (χ0) is 9.26. The van der Waals surface area contributed by atoms with Crippen molar-refractivity contribution in [3.63, 3.8) is 0 Å². The first-order valence-corrected chi connectivity index (χ1v) is 7.44. The number of thiophene rings is 1. The quantitative estimate of drug-likeness (QED) is 0.733. The minimum Gasteiger partial charge on any atom is -0.150 e. The molecule has 0 aliphatic carbocycles. The fraction of sp³-hybridized carbons (Fsp3) is 0.600. The van der Waals surface area contributed by atoms with Crippen LogP contribution in [-0.4, -0.2) is 10.5 Å². The number of fused-ring (bicyclic) bond motifs is 1. The predicted octanol–water partition coefficient (Wildman–Crippen LogP) is 4.50. The van der Waals surface area contributed by atoms with Gasteiger partial charge in [-0.2, -0.15) is 11.3 Å². The van der Waals surface area contributed by atoms with Gasteiger partial charge in [0.05, 0.1) is 0 Å². The Morgan fingerprint density at radius 2 is 1.46 bits per heavy atom. The highest BCUT2D eigenvalue weighted by Gasteiger charge is 2.27. The molecular formula is C10H14S3. The molecule has 0 aromatic carbocycles. The van der Waals surface area contributed by atoms with Gasteiger partial charge in [0, 0.05) is 31.1 Å². The molecule has 13 heavy (non-hydrogen) atoms. The van der Waals surface area contributed by atoms with Crippen LogP contribution in [0.2, 0.25) is 0 Å². The Morgan fingerprint density at radius 3 is 1.85 bits per heavy atom. The van der Waals surface area contributed by atoms with Gasteiger partial charge in [0.15, 0.2) is 0 Å². The highest BCUT2D eigenvalue weighted by molar-refractivity contribution is 8.06. The predicted molar refractivity (Wildman–Crippen MR) is 64.2 cm³/mol. The van der Waals surface area contributed by atoms with E-state index in [1.165, 1.54) is 22.6 Å². The number of rotatable bonds is 2. The van der Waals surface area contributed by atoms with Gasteiger partial charge in [-0.05, 0) is 12.8 Å². The number of hydrogen-bond donors (Lipinski definition) is 0. The minimum atomic E-state index is 0.831. The van der Waals surface area contributed by atoms with Crippen molar-refractivity contribution < 1.29 is 0 Å². The SMILES string of the molecule is CCC1Sc2cscc2SC1CC. The Hall–Kier alpha value is 0.400. The fourth-order valence-corrected chi connectivity index (χ4v) is 5.76. The zero-order valence-corrected chi connectivity index (χ0v) is 10.4. The molecule has 0 nitrogen and oxygen atoms in total. The molecule has 2 heterocycles. The van der Waals surface area contributed by atoms with Crippen LogP contribution >= 0.6 is 34.9 Å². The second-order valence-corrected chi connectivity index (χ2v) is 6.54. The molecule has 2 unspecified atom stereocenters. The van der Waals surface area contributed by atoms with Crippen LogP contribution in [0.5, 0.6) is 0 Å². The summed E-state index contributed by atoms with van der Waals surface area (Å²) < 4.78 is 0.